The van der Waals surface area contributed by atoms with Crippen molar-refractivity contribution in [3.63, 3.8) is 0 Å². The van der Waals surface area contributed by atoms with E-state index in [1.807, 2.05) is 0 Å². The van der Waals surface area contributed by atoms with Crippen LogP contribution in [0, 0.1) is 11.8 Å². The summed E-state index contributed by atoms with van der Waals surface area (Å²) in [5.41, 5.74) is 5.58. The van der Waals surface area contributed by atoms with Gasteiger partial charge in [0, 0.05) is 12.1 Å². The molecule has 3 nitrogen and oxygen atoms in total. The summed E-state index contributed by atoms with van der Waals surface area (Å²) in [6.45, 7) is 11.0. The monoisotopic (exact) mass is 228 g/mol. The van der Waals surface area contributed by atoms with Gasteiger partial charge in [-0.25, -0.2) is 0 Å². The van der Waals surface area contributed by atoms with Crippen LogP contribution in [-0.2, 0) is 4.79 Å². The number of carbonyl (C=O) groups excluding carboxylic acids is 1. The first-order valence-corrected chi connectivity index (χ1v) is 6.40. The van der Waals surface area contributed by atoms with Gasteiger partial charge < -0.3 is 11.1 Å². The maximum atomic E-state index is 12.1. The van der Waals surface area contributed by atoms with Crippen LogP contribution < -0.4 is 11.1 Å². The van der Waals surface area contributed by atoms with Gasteiger partial charge in [-0.05, 0) is 32.1 Å². The van der Waals surface area contributed by atoms with Crippen molar-refractivity contribution in [3.05, 3.63) is 0 Å². The van der Waals surface area contributed by atoms with Crippen molar-refractivity contribution in [2.24, 2.45) is 17.6 Å². The van der Waals surface area contributed by atoms with E-state index < -0.39 is 0 Å². The Morgan fingerprint density at radius 3 is 2.12 bits per heavy atom. The highest BCUT2D eigenvalue weighted by molar-refractivity contribution is 5.79. The van der Waals surface area contributed by atoms with Crippen LogP contribution in [0.1, 0.15) is 53.9 Å². The molecular formula is C13H28N2O. The Kier molecular flexibility index (Phi) is 6.65. The lowest BCUT2D eigenvalue weighted by Gasteiger charge is -2.30. The minimum absolute atomic E-state index is 0.0441. The van der Waals surface area contributed by atoms with Crippen LogP contribution in [0.3, 0.4) is 0 Å². The molecule has 0 spiro atoms. The molecular weight excluding hydrogens is 200 g/mol. The van der Waals surface area contributed by atoms with Crippen molar-refractivity contribution in [1.82, 2.24) is 5.32 Å². The fraction of sp³-hybridized carbons (Fsp3) is 0.923. The van der Waals surface area contributed by atoms with E-state index >= 15 is 0 Å². The zero-order chi connectivity index (χ0) is 12.8. The van der Waals surface area contributed by atoms with Gasteiger partial charge in [0.25, 0.3) is 0 Å². The van der Waals surface area contributed by atoms with Gasteiger partial charge in [-0.3, -0.25) is 4.79 Å². The van der Waals surface area contributed by atoms with Gasteiger partial charge in [-0.1, -0.05) is 27.7 Å². The molecule has 0 aliphatic carbocycles. The number of nitrogens with two attached hydrogens (primary N) is 1. The summed E-state index contributed by atoms with van der Waals surface area (Å²) in [6, 6.07) is 0. The number of nitrogens with one attached hydrogen (secondary N) is 1. The van der Waals surface area contributed by atoms with Crippen LogP contribution >= 0.6 is 0 Å². The second-order valence-electron chi connectivity index (χ2n) is 5.32. The summed E-state index contributed by atoms with van der Waals surface area (Å²) in [6.07, 6.45) is 2.77. The number of hydrogen-bond acceptors (Lipinski definition) is 2. The third-order valence-electron chi connectivity index (χ3n) is 3.40. The van der Waals surface area contributed by atoms with E-state index in [4.69, 9.17) is 5.73 Å². The Hall–Kier alpha value is -0.570. The third kappa shape index (κ3) is 4.97. The summed E-state index contributed by atoms with van der Waals surface area (Å²) in [7, 11) is 0. The van der Waals surface area contributed by atoms with E-state index in [1.165, 1.54) is 0 Å². The van der Waals surface area contributed by atoms with Crippen LogP contribution in [0.5, 0.6) is 0 Å². The summed E-state index contributed by atoms with van der Waals surface area (Å²) in [4.78, 5) is 12.1. The van der Waals surface area contributed by atoms with Crippen LogP contribution in [0.2, 0.25) is 0 Å². The van der Waals surface area contributed by atoms with Crippen molar-refractivity contribution >= 4 is 5.91 Å². The molecule has 0 aliphatic rings. The Labute approximate surface area is 100 Å². The van der Waals surface area contributed by atoms with E-state index in [1.54, 1.807) is 0 Å². The molecule has 0 saturated heterocycles. The van der Waals surface area contributed by atoms with E-state index in [9.17, 15) is 4.79 Å². The first kappa shape index (κ1) is 15.4. The standard InChI is InChI=1S/C13H28N2O/c1-6-13(5,7-2)15-12(16)11(9-14)8-10(3)4/h10-11H,6-9,14H2,1-5H3,(H,15,16). The molecule has 16 heavy (non-hydrogen) atoms. The molecule has 0 aromatic heterocycles. The van der Waals surface area contributed by atoms with Crippen molar-refractivity contribution < 1.29 is 4.79 Å². The van der Waals surface area contributed by atoms with Crippen LogP contribution in [0.15, 0.2) is 0 Å². The predicted molar refractivity (Wildman–Crippen MR) is 69.1 cm³/mol. The Bertz CT molecular complexity index is 210. The topological polar surface area (TPSA) is 55.1 Å². The lowest BCUT2D eigenvalue weighted by molar-refractivity contribution is -0.127. The fourth-order valence-corrected chi connectivity index (χ4v) is 1.71. The molecule has 0 aromatic rings. The van der Waals surface area contributed by atoms with E-state index in [-0.39, 0.29) is 17.4 Å². The molecule has 1 atom stereocenters. The minimum atomic E-state index is -0.0819. The largest absolute Gasteiger partial charge is 0.351 e. The quantitative estimate of drug-likeness (QED) is 0.702. The number of rotatable bonds is 7. The maximum absolute atomic E-state index is 12.1. The molecule has 3 heteroatoms. The van der Waals surface area contributed by atoms with E-state index in [0.29, 0.717) is 12.5 Å². The van der Waals surface area contributed by atoms with Crippen LogP contribution in [0.4, 0.5) is 0 Å². The molecule has 0 aliphatic heterocycles. The van der Waals surface area contributed by atoms with E-state index in [2.05, 4.69) is 39.9 Å². The number of hydrogen-bond donors (Lipinski definition) is 2. The molecule has 0 bridgehead atoms. The predicted octanol–water partition coefficient (Wildman–Crippen LogP) is 2.30. The van der Waals surface area contributed by atoms with Gasteiger partial charge in [0.1, 0.15) is 0 Å². The lowest BCUT2D eigenvalue weighted by Crippen LogP contribution is -2.49. The normalized spacial score (nSPS) is 13.9. The summed E-state index contributed by atoms with van der Waals surface area (Å²) >= 11 is 0. The van der Waals surface area contributed by atoms with Gasteiger partial charge in [-0.15, -0.1) is 0 Å². The lowest BCUT2D eigenvalue weighted by atomic mass is 9.91. The first-order chi connectivity index (χ1) is 7.38. The highest BCUT2D eigenvalue weighted by Gasteiger charge is 2.26. The van der Waals surface area contributed by atoms with Crippen molar-refractivity contribution in [2.45, 2.75) is 59.4 Å². The minimum Gasteiger partial charge on any atom is -0.351 e. The molecule has 96 valence electrons. The average Bonchev–Trinajstić information content (AvgIpc) is 2.25. The van der Waals surface area contributed by atoms with Crippen molar-refractivity contribution in [3.8, 4) is 0 Å². The van der Waals surface area contributed by atoms with Crippen molar-refractivity contribution in [2.75, 3.05) is 6.54 Å². The van der Waals surface area contributed by atoms with E-state index in [0.717, 1.165) is 19.3 Å². The maximum Gasteiger partial charge on any atom is 0.224 e. The van der Waals surface area contributed by atoms with Gasteiger partial charge in [0.15, 0.2) is 0 Å². The molecule has 0 radical (unpaired) electrons. The highest BCUT2D eigenvalue weighted by Crippen LogP contribution is 2.17. The molecule has 0 saturated carbocycles. The molecule has 0 fully saturated rings. The highest BCUT2D eigenvalue weighted by atomic mass is 16.2. The summed E-state index contributed by atoms with van der Waals surface area (Å²) < 4.78 is 0. The first-order valence-electron chi connectivity index (χ1n) is 6.40. The van der Waals surface area contributed by atoms with Gasteiger partial charge in [0.05, 0.1) is 5.92 Å². The number of amides is 1. The molecule has 0 aromatic carbocycles. The van der Waals surface area contributed by atoms with Crippen molar-refractivity contribution in [1.29, 1.82) is 0 Å². The second-order valence-corrected chi connectivity index (χ2v) is 5.32. The fourth-order valence-electron chi connectivity index (χ4n) is 1.71. The summed E-state index contributed by atoms with van der Waals surface area (Å²) in [5, 5.41) is 3.13. The molecule has 0 rings (SSSR count). The Morgan fingerprint density at radius 2 is 1.81 bits per heavy atom. The Morgan fingerprint density at radius 1 is 1.31 bits per heavy atom. The third-order valence-corrected chi connectivity index (χ3v) is 3.40. The zero-order valence-electron chi connectivity index (χ0n) is 11.5. The molecule has 1 amide bonds. The smallest absolute Gasteiger partial charge is 0.224 e. The Balaban J connectivity index is 4.41. The van der Waals surface area contributed by atoms with Gasteiger partial charge in [0.2, 0.25) is 5.91 Å². The number of carbonyl (C=O) groups is 1. The zero-order valence-corrected chi connectivity index (χ0v) is 11.5. The van der Waals surface area contributed by atoms with Gasteiger partial charge >= 0.3 is 0 Å². The van der Waals surface area contributed by atoms with Crippen LogP contribution in [0.25, 0.3) is 0 Å². The SMILES string of the molecule is CCC(C)(CC)NC(=O)C(CN)CC(C)C. The second kappa shape index (κ2) is 6.89. The average molecular weight is 228 g/mol. The summed E-state index contributed by atoms with van der Waals surface area (Å²) in [5.74, 6) is 0.577. The van der Waals surface area contributed by atoms with Crippen LogP contribution in [-0.4, -0.2) is 18.0 Å². The molecule has 1 unspecified atom stereocenters. The molecule has 3 N–H and O–H groups in total. The molecule has 0 heterocycles. The van der Waals surface area contributed by atoms with Gasteiger partial charge in [-0.2, -0.15) is 0 Å².